The van der Waals surface area contributed by atoms with Crippen LogP contribution in [0.15, 0.2) is 162 Å². The molecule has 8 aromatic carbocycles. The van der Waals surface area contributed by atoms with Gasteiger partial charge in [-0.05, 0) is 105 Å². The van der Waals surface area contributed by atoms with E-state index in [9.17, 15) is 0 Å². The summed E-state index contributed by atoms with van der Waals surface area (Å²) in [7, 11) is 2.40. The molecule has 0 aliphatic carbocycles. The van der Waals surface area contributed by atoms with Gasteiger partial charge in [-0.25, -0.2) is 0 Å². The third-order valence-corrected chi connectivity index (χ3v) is 11.7. The molecule has 4 heteroatoms. The van der Waals surface area contributed by atoms with Gasteiger partial charge in [-0.2, -0.15) is 0 Å². The lowest BCUT2D eigenvalue weighted by atomic mass is 9.56. The minimum atomic E-state index is -0.124. The lowest BCUT2D eigenvalue weighted by Crippen LogP contribution is -2.45. The topological polar surface area (TPSA) is 28.4 Å². The number of benzene rings is 8. The van der Waals surface area contributed by atoms with Crippen LogP contribution in [0.5, 0.6) is 0 Å². The number of fused-ring (bicyclic) bond motifs is 8. The van der Waals surface area contributed by atoms with E-state index in [0.717, 1.165) is 38.9 Å². The molecule has 0 bridgehead atoms. The van der Waals surface area contributed by atoms with Crippen molar-refractivity contribution in [1.82, 2.24) is 0 Å². The lowest BCUT2D eigenvalue weighted by Gasteiger charge is -2.46. The van der Waals surface area contributed by atoms with Crippen molar-refractivity contribution >= 4 is 79.4 Å². The first kappa shape index (κ1) is 31.1. The molecule has 3 nitrogen and oxygen atoms in total. The van der Waals surface area contributed by atoms with E-state index >= 15 is 0 Å². The van der Waals surface area contributed by atoms with Crippen LogP contribution >= 0.6 is 0 Å². The maximum atomic E-state index is 6.71. The number of nitrogens with zero attached hydrogens (tertiary/aromatic N) is 1. The Balaban J connectivity index is 1.14. The van der Waals surface area contributed by atoms with Gasteiger partial charge in [-0.3, -0.25) is 0 Å². The van der Waals surface area contributed by atoms with Crippen LogP contribution in [0.25, 0.3) is 55.0 Å². The average molecular weight is 692 g/mol. The second-order valence-electron chi connectivity index (χ2n) is 15.4. The molecule has 2 aliphatic heterocycles. The molecule has 3 heterocycles. The highest BCUT2D eigenvalue weighted by molar-refractivity contribution is 6.73. The molecule has 255 valence electrons. The third kappa shape index (κ3) is 4.63. The number of hydrogen-bond donors (Lipinski definition) is 1. The fourth-order valence-electron chi connectivity index (χ4n) is 9.00. The second-order valence-corrected chi connectivity index (χ2v) is 15.4. The Morgan fingerprint density at radius 2 is 1.26 bits per heavy atom. The van der Waals surface area contributed by atoms with Gasteiger partial charge in [-0.1, -0.05) is 129 Å². The highest BCUT2D eigenvalue weighted by Gasteiger charge is 2.41. The van der Waals surface area contributed by atoms with Crippen LogP contribution in [0, 0.1) is 6.92 Å². The van der Waals surface area contributed by atoms with Crippen molar-refractivity contribution in [3.05, 3.63) is 174 Å². The van der Waals surface area contributed by atoms with E-state index in [1.807, 2.05) is 0 Å². The maximum absolute atomic E-state index is 6.71. The molecule has 0 saturated carbocycles. The largest absolute Gasteiger partial charge is 0.456 e. The first-order chi connectivity index (χ1) is 26.4. The fraction of sp³-hybridized carbons (Fsp3) is 0.0800. The Bertz CT molecular complexity index is 2980. The van der Waals surface area contributed by atoms with E-state index < -0.39 is 0 Å². The summed E-state index contributed by atoms with van der Waals surface area (Å²) < 4.78 is 6.71. The minimum absolute atomic E-state index is 0.124. The van der Waals surface area contributed by atoms with Crippen molar-refractivity contribution in [2.45, 2.75) is 26.2 Å². The predicted octanol–water partition coefficient (Wildman–Crippen LogP) is 12.2. The van der Waals surface area contributed by atoms with E-state index in [-0.39, 0.29) is 5.41 Å². The number of aryl methyl sites for hydroxylation is 1. The fourth-order valence-corrected chi connectivity index (χ4v) is 9.00. The van der Waals surface area contributed by atoms with Gasteiger partial charge in [0.25, 0.3) is 0 Å². The first-order valence-electron chi connectivity index (χ1n) is 18.8. The van der Waals surface area contributed by atoms with Crippen LogP contribution in [0.3, 0.4) is 0 Å². The summed E-state index contributed by atoms with van der Waals surface area (Å²) in [6, 6.07) is 57.2. The summed E-state index contributed by atoms with van der Waals surface area (Å²) in [5, 5.41) is 8.46. The Kier molecular flexibility index (Phi) is 6.61. The van der Waals surface area contributed by atoms with E-state index in [1.54, 1.807) is 0 Å². The summed E-state index contributed by atoms with van der Waals surface area (Å²) >= 11 is 0. The Morgan fingerprint density at radius 3 is 2.09 bits per heavy atom. The van der Waals surface area contributed by atoms with Gasteiger partial charge in [0, 0.05) is 44.5 Å². The van der Waals surface area contributed by atoms with Gasteiger partial charge in [0.1, 0.15) is 11.2 Å². The number of rotatable bonds is 4. The van der Waals surface area contributed by atoms with Crippen LogP contribution in [0.1, 0.15) is 30.5 Å². The van der Waals surface area contributed by atoms with Crippen molar-refractivity contribution in [3.8, 4) is 22.3 Å². The average Bonchev–Trinajstić information content (AvgIpc) is 3.54. The molecule has 1 N–H and O–H groups in total. The summed E-state index contributed by atoms with van der Waals surface area (Å²) in [6.45, 7) is 6.92. The normalized spacial score (nSPS) is 13.7. The molecule has 1 radical (unpaired) electrons. The van der Waals surface area contributed by atoms with Crippen LogP contribution in [0.4, 0.5) is 28.4 Å². The molecule has 11 rings (SSSR count). The zero-order valence-corrected chi connectivity index (χ0v) is 30.4. The number of hydrogen-bond acceptors (Lipinski definition) is 3. The molecule has 54 heavy (non-hydrogen) atoms. The molecule has 0 fully saturated rings. The van der Waals surface area contributed by atoms with Crippen LogP contribution in [-0.4, -0.2) is 7.28 Å². The van der Waals surface area contributed by atoms with Gasteiger partial charge in [0.2, 0.25) is 0 Å². The number of nitrogens with one attached hydrogen (secondary N) is 1. The Hall–Kier alpha value is -6.52. The van der Waals surface area contributed by atoms with E-state index in [2.05, 4.69) is 196 Å². The van der Waals surface area contributed by atoms with E-state index in [1.165, 1.54) is 72.1 Å². The van der Waals surface area contributed by atoms with Crippen molar-refractivity contribution in [3.63, 3.8) is 0 Å². The van der Waals surface area contributed by atoms with Gasteiger partial charge in [0.15, 0.2) is 7.28 Å². The standard InChI is InChI=1S/C50H36BN2O/c1-30-24-39(48-45(25-30)53-44-19-10-9-16-40(44)50(2,3)41-17-11-18-42(51-48)49(41)53)36-29-47-38(37-26-33-14-7-8-15-34(33)27-46(37)54-47)28-43(36)52-35-22-20-32(21-23-35)31-12-5-4-6-13-31/h4-29,52H,1-3H3. The van der Waals surface area contributed by atoms with Crippen LogP contribution in [0.2, 0.25) is 0 Å². The predicted molar refractivity (Wildman–Crippen MR) is 228 cm³/mol. The van der Waals surface area contributed by atoms with Crippen LogP contribution in [-0.2, 0) is 5.41 Å². The molecule has 2 aliphatic rings. The van der Waals surface area contributed by atoms with Crippen molar-refractivity contribution in [1.29, 1.82) is 0 Å². The summed E-state index contributed by atoms with van der Waals surface area (Å²) in [5.41, 5.74) is 18.4. The summed E-state index contributed by atoms with van der Waals surface area (Å²) in [4.78, 5) is 2.51. The van der Waals surface area contributed by atoms with Crippen molar-refractivity contribution in [2.75, 3.05) is 10.2 Å². The first-order valence-corrected chi connectivity index (χ1v) is 18.8. The number of para-hydroxylation sites is 2. The molecule has 0 amide bonds. The van der Waals surface area contributed by atoms with Crippen molar-refractivity contribution < 1.29 is 4.42 Å². The summed E-state index contributed by atoms with van der Waals surface area (Å²) in [5.74, 6) is 0. The molecule has 0 spiro atoms. The van der Waals surface area contributed by atoms with Gasteiger partial charge in [0.05, 0.1) is 5.69 Å². The third-order valence-electron chi connectivity index (χ3n) is 11.7. The molecule has 9 aromatic rings. The molecular formula is C50H36BN2O. The van der Waals surface area contributed by atoms with E-state index in [0.29, 0.717) is 0 Å². The number of anilines is 5. The Morgan fingerprint density at radius 1 is 0.574 bits per heavy atom. The molecule has 0 saturated heterocycles. The minimum Gasteiger partial charge on any atom is -0.456 e. The highest BCUT2D eigenvalue weighted by Crippen LogP contribution is 2.52. The SMILES string of the molecule is Cc1cc(-c2cc3oc4cc5ccccc5cc4c3cc2Nc2ccc(-c3ccccc3)cc2)c2c(c1)N1c3ccccc3C(C)(C)c3cccc(c31)[B]2. The molecule has 0 unspecified atom stereocenters. The smallest absolute Gasteiger partial charge is 0.197 e. The van der Waals surface area contributed by atoms with Gasteiger partial charge >= 0.3 is 0 Å². The zero-order chi connectivity index (χ0) is 36.1. The highest BCUT2D eigenvalue weighted by atomic mass is 16.3. The summed E-state index contributed by atoms with van der Waals surface area (Å²) in [6.07, 6.45) is 0. The number of furan rings is 1. The van der Waals surface area contributed by atoms with E-state index in [4.69, 9.17) is 4.42 Å². The second kappa shape index (κ2) is 11.5. The Labute approximate surface area is 315 Å². The van der Waals surface area contributed by atoms with Crippen molar-refractivity contribution in [2.24, 2.45) is 0 Å². The van der Waals surface area contributed by atoms with Gasteiger partial charge in [-0.15, -0.1) is 0 Å². The van der Waals surface area contributed by atoms with Crippen LogP contribution < -0.4 is 21.1 Å². The molecule has 0 atom stereocenters. The zero-order valence-electron chi connectivity index (χ0n) is 30.4. The maximum Gasteiger partial charge on any atom is 0.197 e. The quantitative estimate of drug-likeness (QED) is 0.186. The molecule has 1 aromatic heterocycles. The monoisotopic (exact) mass is 691 g/mol. The van der Waals surface area contributed by atoms with Gasteiger partial charge < -0.3 is 14.6 Å². The molecular weight excluding hydrogens is 655 g/mol. The lowest BCUT2D eigenvalue weighted by molar-refractivity contribution is 0.632.